The second-order valence-electron chi connectivity index (χ2n) is 7.04. The number of hydrogen-bond acceptors (Lipinski definition) is 5. The number of nitrogens with one attached hydrogen (secondary N) is 1. The number of carbonyl (C=O) groups excluding carboxylic acids is 2. The minimum atomic E-state index is -4.45. The van der Waals surface area contributed by atoms with Gasteiger partial charge in [-0.1, -0.05) is 18.3 Å². The molecule has 1 atom stereocenters. The van der Waals surface area contributed by atoms with E-state index < -0.39 is 29.3 Å². The summed E-state index contributed by atoms with van der Waals surface area (Å²) >= 11 is 1.13. The van der Waals surface area contributed by atoms with Crippen molar-refractivity contribution in [2.45, 2.75) is 45.7 Å². The number of amides is 2. The van der Waals surface area contributed by atoms with Gasteiger partial charge in [-0.3, -0.25) is 14.6 Å². The molecule has 6 nitrogen and oxygen atoms in total. The Morgan fingerprint density at radius 2 is 1.96 bits per heavy atom. The molecule has 0 saturated heterocycles. The highest BCUT2D eigenvalue weighted by Crippen LogP contribution is 2.41. The first kappa shape index (κ1) is 21.8. The van der Waals surface area contributed by atoms with Gasteiger partial charge in [-0.15, -0.1) is 0 Å². The molecule has 2 amide bonds. The number of rotatable bonds is 6. The molecule has 0 fully saturated rings. The normalized spacial score (nSPS) is 13.2. The van der Waals surface area contributed by atoms with E-state index >= 15 is 0 Å². The number of aryl methyl sites for hydroxylation is 1. The second kappa shape index (κ2) is 7.86. The molecule has 0 radical (unpaired) electrons. The Bertz CT molecular complexity index is 893. The summed E-state index contributed by atoms with van der Waals surface area (Å²) in [7, 11) is 0. The SMILES string of the molecule is Cc1nc(NC(=O)CC(C)C(N)=O)sc1-c1ccnc(C(C)(C)C(F)(F)F)c1. The first-order valence-electron chi connectivity index (χ1n) is 8.43. The van der Waals surface area contributed by atoms with E-state index in [1.807, 2.05) is 0 Å². The molecule has 10 heteroatoms. The molecule has 2 aromatic heterocycles. The van der Waals surface area contributed by atoms with Crippen molar-refractivity contribution in [3.63, 3.8) is 0 Å². The van der Waals surface area contributed by atoms with E-state index in [0.29, 0.717) is 21.3 Å². The Morgan fingerprint density at radius 1 is 1.32 bits per heavy atom. The van der Waals surface area contributed by atoms with Crippen LogP contribution in [0.3, 0.4) is 0 Å². The third-order valence-corrected chi connectivity index (χ3v) is 5.51. The van der Waals surface area contributed by atoms with Crippen LogP contribution in [0.1, 0.15) is 38.6 Å². The largest absolute Gasteiger partial charge is 0.399 e. The third kappa shape index (κ3) is 4.67. The van der Waals surface area contributed by atoms with Crippen LogP contribution in [0.4, 0.5) is 18.3 Å². The van der Waals surface area contributed by atoms with Gasteiger partial charge < -0.3 is 11.1 Å². The zero-order chi connectivity index (χ0) is 21.3. The molecule has 0 saturated carbocycles. The van der Waals surface area contributed by atoms with Crippen molar-refractivity contribution in [1.82, 2.24) is 9.97 Å². The van der Waals surface area contributed by atoms with Gasteiger partial charge in [0, 0.05) is 18.5 Å². The number of anilines is 1. The lowest BCUT2D eigenvalue weighted by Gasteiger charge is -2.27. The number of pyridine rings is 1. The predicted octanol–water partition coefficient (Wildman–Crippen LogP) is 3.80. The quantitative estimate of drug-likeness (QED) is 0.751. The number of alkyl halides is 3. The van der Waals surface area contributed by atoms with E-state index in [0.717, 1.165) is 25.2 Å². The molecule has 0 bridgehead atoms. The highest BCUT2D eigenvalue weighted by Gasteiger charge is 2.49. The minimum Gasteiger partial charge on any atom is -0.369 e. The summed E-state index contributed by atoms with van der Waals surface area (Å²) in [5.74, 6) is -1.61. The van der Waals surface area contributed by atoms with E-state index in [2.05, 4.69) is 15.3 Å². The van der Waals surface area contributed by atoms with Crippen molar-refractivity contribution in [1.29, 1.82) is 0 Å². The highest BCUT2D eigenvalue weighted by molar-refractivity contribution is 7.19. The van der Waals surface area contributed by atoms with Gasteiger partial charge in [-0.2, -0.15) is 13.2 Å². The number of thiazole rings is 1. The van der Waals surface area contributed by atoms with Crippen LogP contribution in [0, 0.1) is 12.8 Å². The summed E-state index contributed by atoms with van der Waals surface area (Å²) in [6.07, 6.45) is -3.20. The molecule has 0 aliphatic rings. The van der Waals surface area contributed by atoms with Crippen molar-refractivity contribution >= 4 is 28.3 Å². The number of aromatic nitrogens is 2. The molecule has 3 N–H and O–H groups in total. The Kier molecular flexibility index (Phi) is 6.12. The highest BCUT2D eigenvalue weighted by atomic mass is 32.1. The van der Waals surface area contributed by atoms with Crippen LogP contribution in [-0.4, -0.2) is 28.0 Å². The van der Waals surface area contributed by atoms with Gasteiger partial charge in [-0.05, 0) is 38.5 Å². The number of nitrogens with zero attached hydrogens (tertiary/aromatic N) is 2. The molecule has 2 aromatic rings. The molecule has 2 rings (SSSR count). The van der Waals surface area contributed by atoms with Crippen LogP contribution < -0.4 is 11.1 Å². The van der Waals surface area contributed by atoms with Crippen molar-refractivity contribution in [2.24, 2.45) is 11.7 Å². The van der Waals surface area contributed by atoms with Gasteiger partial charge in [0.05, 0.1) is 16.3 Å². The summed E-state index contributed by atoms with van der Waals surface area (Å²) in [6, 6.07) is 2.98. The van der Waals surface area contributed by atoms with Gasteiger partial charge in [0.1, 0.15) is 5.41 Å². The maximum absolute atomic E-state index is 13.3. The fourth-order valence-corrected chi connectivity index (χ4v) is 3.30. The van der Waals surface area contributed by atoms with Crippen molar-refractivity contribution < 1.29 is 22.8 Å². The van der Waals surface area contributed by atoms with Gasteiger partial charge >= 0.3 is 6.18 Å². The van der Waals surface area contributed by atoms with E-state index in [4.69, 9.17) is 5.73 Å². The van der Waals surface area contributed by atoms with Crippen LogP contribution in [0.25, 0.3) is 10.4 Å². The minimum absolute atomic E-state index is 0.0809. The average Bonchev–Trinajstić information content (AvgIpc) is 2.93. The summed E-state index contributed by atoms with van der Waals surface area (Å²) in [6.45, 7) is 5.39. The zero-order valence-corrected chi connectivity index (χ0v) is 16.7. The summed E-state index contributed by atoms with van der Waals surface area (Å²) in [4.78, 5) is 31.8. The smallest absolute Gasteiger partial charge is 0.369 e. The number of carbonyl (C=O) groups is 2. The molecule has 0 spiro atoms. The van der Waals surface area contributed by atoms with Crippen molar-refractivity contribution in [3.8, 4) is 10.4 Å². The maximum atomic E-state index is 13.3. The average molecular weight is 414 g/mol. The third-order valence-electron chi connectivity index (χ3n) is 4.39. The molecule has 0 aromatic carbocycles. The Hall–Kier alpha value is -2.49. The van der Waals surface area contributed by atoms with Gasteiger partial charge in [0.15, 0.2) is 5.13 Å². The van der Waals surface area contributed by atoms with E-state index in [9.17, 15) is 22.8 Å². The van der Waals surface area contributed by atoms with E-state index in [1.165, 1.54) is 12.3 Å². The van der Waals surface area contributed by atoms with Crippen LogP contribution >= 0.6 is 11.3 Å². The standard InChI is InChI=1S/C18H21F3N4O2S/c1-9(15(22)27)7-13(26)25-16-24-10(2)14(28-16)11-5-6-23-12(8-11)17(3,4)18(19,20)21/h5-6,8-9H,7H2,1-4H3,(H2,22,27)(H,24,25,26). The first-order valence-corrected chi connectivity index (χ1v) is 9.24. The zero-order valence-electron chi connectivity index (χ0n) is 15.8. The van der Waals surface area contributed by atoms with E-state index in [1.54, 1.807) is 19.9 Å². The summed E-state index contributed by atoms with van der Waals surface area (Å²) in [5.41, 5.74) is 4.02. The molecule has 152 valence electrons. The second-order valence-corrected chi connectivity index (χ2v) is 8.04. The lowest BCUT2D eigenvalue weighted by atomic mass is 9.87. The summed E-state index contributed by atoms with van der Waals surface area (Å²) in [5, 5.41) is 2.89. The molecule has 0 aliphatic carbocycles. The fraction of sp³-hybridized carbons (Fsp3) is 0.444. The number of primary amides is 1. The lowest BCUT2D eigenvalue weighted by molar-refractivity contribution is -0.181. The van der Waals surface area contributed by atoms with Crippen LogP contribution in [0.2, 0.25) is 0 Å². The van der Waals surface area contributed by atoms with Gasteiger partial charge in [0.25, 0.3) is 0 Å². The van der Waals surface area contributed by atoms with Gasteiger partial charge in [-0.25, -0.2) is 4.98 Å². The fourth-order valence-electron chi connectivity index (χ4n) is 2.33. The Morgan fingerprint density at radius 3 is 2.54 bits per heavy atom. The predicted molar refractivity (Wildman–Crippen MR) is 101 cm³/mol. The van der Waals surface area contributed by atoms with Gasteiger partial charge in [0.2, 0.25) is 11.8 Å². The van der Waals surface area contributed by atoms with Crippen molar-refractivity contribution in [2.75, 3.05) is 5.32 Å². The number of hydrogen-bond donors (Lipinski definition) is 2. The lowest BCUT2D eigenvalue weighted by Crippen LogP contribution is -2.37. The molecule has 0 aliphatic heterocycles. The molecule has 1 unspecified atom stereocenters. The molecule has 2 heterocycles. The number of halogens is 3. The molecular formula is C18H21F3N4O2S. The van der Waals surface area contributed by atoms with Crippen molar-refractivity contribution in [3.05, 3.63) is 29.7 Å². The Labute approximate surface area is 164 Å². The van der Waals surface area contributed by atoms with E-state index in [-0.39, 0.29) is 12.1 Å². The topological polar surface area (TPSA) is 98.0 Å². The number of nitrogens with two attached hydrogens (primary N) is 1. The van der Waals surface area contributed by atoms with Crippen LogP contribution in [0.5, 0.6) is 0 Å². The first-order chi connectivity index (χ1) is 12.8. The van der Waals surface area contributed by atoms with Crippen LogP contribution in [-0.2, 0) is 15.0 Å². The summed E-state index contributed by atoms with van der Waals surface area (Å²) < 4.78 is 39.9. The maximum Gasteiger partial charge on any atom is 0.399 e. The molecule has 28 heavy (non-hydrogen) atoms. The monoisotopic (exact) mass is 414 g/mol. The molecular weight excluding hydrogens is 393 g/mol. The van der Waals surface area contributed by atoms with Crippen LogP contribution in [0.15, 0.2) is 18.3 Å². The Balaban J connectivity index is 2.27.